The Morgan fingerprint density at radius 1 is 0.619 bits per heavy atom. The van der Waals surface area contributed by atoms with Crippen LogP contribution in [0.15, 0.2) is 89.8 Å². The highest BCUT2D eigenvalue weighted by atomic mass is 32.2. The Kier molecular flexibility index (Phi) is 4.27. The third kappa shape index (κ3) is 3.47. The average Bonchev–Trinajstić information content (AvgIpc) is 2.57. The van der Waals surface area contributed by atoms with Crippen molar-refractivity contribution in [1.29, 1.82) is 0 Å². The van der Waals surface area contributed by atoms with E-state index in [1.54, 1.807) is 0 Å². The fourth-order valence-electron chi connectivity index (χ4n) is 2.23. The highest BCUT2D eigenvalue weighted by molar-refractivity contribution is 7.84. The Labute approximate surface area is 127 Å². The van der Waals surface area contributed by atoms with Crippen molar-refractivity contribution >= 4 is 10.8 Å². The first kappa shape index (κ1) is 13.8. The fraction of sp³-hybridized carbons (Fsp3) is 0.0526. The molecule has 104 valence electrons. The van der Waals surface area contributed by atoms with Gasteiger partial charge < -0.3 is 0 Å². The molecular weight excluding hydrogens is 276 g/mol. The molecule has 3 rings (SSSR count). The van der Waals surface area contributed by atoms with Crippen molar-refractivity contribution in [2.75, 3.05) is 0 Å². The van der Waals surface area contributed by atoms with E-state index in [2.05, 4.69) is 36.4 Å². The molecule has 1 unspecified atom stereocenters. The van der Waals surface area contributed by atoms with Crippen LogP contribution < -0.4 is 0 Å². The van der Waals surface area contributed by atoms with Gasteiger partial charge in [-0.05, 0) is 28.8 Å². The van der Waals surface area contributed by atoms with Crippen molar-refractivity contribution in [3.8, 4) is 11.1 Å². The van der Waals surface area contributed by atoms with Crippen molar-refractivity contribution in [3.63, 3.8) is 0 Å². The Morgan fingerprint density at radius 2 is 1.14 bits per heavy atom. The first-order chi connectivity index (χ1) is 10.3. The van der Waals surface area contributed by atoms with E-state index in [9.17, 15) is 4.21 Å². The lowest BCUT2D eigenvalue weighted by Gasteiger charge is -2.05. The molecule has 1 atom stereocenters. The molecule has 21 heavy (non-hydrogen) atoms. The summed E-state index contributed by atoms with van der Waals surface area (Å²) in [7, 11) is -0.985. The zero-order valence-corrected chi connectivity index (χ0v) is 12.4. The van der Waals surface area contributed by atoms with Crippen molar-refractivity contribution in [1.82, 2.24) is 0 Å². The van der Waals surface area contributed by atoms with E-state index in [0.29, 0.717) is 5.75 Å². The molecule has 0 N–H and O–H groups in total. The molecule has 0 saturated carbocycles. The first-order valence-electron chi connectivity index (χ1n) is 6.91. The summed E-state index contributed by atoms with van der Waals surface area (Å²) in [5.41, 5.74) is 3.48. The molecule has 0 radical (unpaired) electrons. The minimum absolute atomic E-state index is 0.555. The summed E-state index contributed by atoms with van der Waals surface area (Å²) in [6.07, 6.45) is 0. The lowest BCUT2D eigenvalue weighted by atomic mass is 10.0. The third-order valence-electron chi connectivity index (χ3n) is 3.36. The summed E-state index contributed by atoms with van der Waals surface area (Å²) in [6, 6.07) is 28.2. The molecule has 0 spiro atoms. The maximum Gasteiger partial charge on any atom is 0.0574 e. The lowest BCUT2D eigenvalue weighted by molar-refractivity contribution is 0.682. The van der Waals surface area contributed by atoms with Gasteiger partial charge in [0, 0.05) is 4.90 Å². The topological polar surface area (TPSA) is 17.1 Å². The van der Waals surface area contributed by atoms with Crippen LogP contribution in [0.1, 0.15) is 5.56 Å². The quantitative estimate of drug-likeness (QED) is 0.683. The van der Waals surface area contributed by atoms with Gasteiger partial charge in [-0.15, -0.1) is 0 Å². The zero-order valence-electron chi connectivity index (χ0n) is 11.6. The molecule has 3 aromatic carbocycles. The number of hydrogen-bond donors (Lipinski definition) is 0. The minimum Gasteiger partial charge on any atom is -0.254 e. The first-order valence-corrected chi connectivity index (χ1v) is 8.22. The number of hydrogen-bond acceptors (Lipinski definition) is 1. The maximum atomic E-state index is 12.3. The Hall–Kier alpha value is -2.19. The van der Waals surface area contributed by atoms with Crippen LogP contribution in [-0.4, -0.2) is 4.21 Å². The monoisotopic (exact) mass is 292 g/mol. The molecule has 0 heterocycles. The van der Waals surface area contributed by atoms with Crippen molar-refractivity contribution in [2.45, 2.75) is 10.6 Å². The lowest BCUT2D eigenvalue weighted by Crippen LogP contribution is -1.96. The molecule has 0 aliphatic carbocycles. The summed E-state index contributed by atoms with van der Waals surface area (Å²) >= 11 is 0. The fourth-order valence-corrected chi connectivity index (χ4v) is 3.35. The molecule has 0 amide bonds. The van der Waals surface area contributed by atoms with E-state index in [-0.39, 0.29) is 0 Å². The third-order valence-corrected chi connectivity index (χ3v) is 4.76. The van der Waals surface area contributed by atoms with Crippen LogP contribution in [0.3, 0.4) is 0 Å². The Balaban J connectivity index is 1.75. The van der Waals surface area contributed by atoms with Crippen LogP contribution in [0.5, 0.6) is 0 Å². The predicted molar refractivity (Wildman–Crippen MR) is 88.4 cm³/mol. The van der Waals surface area contributed by atoms with Gasteiger partial charge in [-0.3, -0.25) is 4.21 Å². The number of rotatable bonds is 4. The maximum absolute atomic E-state index is 12.3. The van der Waals surface area contributed by atoms with Gasteiger partial charge >= 0.3 is 0 Å². The molecule has 3 aromatic rings. The van der Waals surface area contributed by atoms with Crippen LogP contribution in [0, 0.1) is 0 Å². The second-order valence-electron chi connectivity index (χ2n) is 4.87. The highest BCUT2D eigenvalue weighted by Gasteiger charge is 2.05. The normalized spacial score (nSPS) is 12.0. The summed E-state index contributed by atoms with van der Waals surface area (Å²) < 4.78 is 12.3. The van der Waals surface area contributed by atoms with Crippen molar-refractivity contribution < 1.29 is 4.21 Å². The Morgan fingerprint density at radius 3 is 1.76 bits per heavy atom. The second-order valence-corrected chi connectivity index (χ2v) is 6.32. The van der Waals surface area contributed by atoms with E-state index in [4.69, 9.17) is 0 Å². The summed E-state index contributed by atoms with van der Waals surface area (Å²) in [4.78, 5) is 0.879. The molecule has 0 saturated heterocycles. The van der Waals surface area contributed by atoms with E-state index in [1.807, 2.05) is 48.5 Å². The van der Waals surface area contributed by atoms with Crippen LogP contribution >= 0.6 is 0 Å². The molecule has 1 nitrogen and oxygen atoms in total. The SMILES string of the molecule is O=S(Cc1ccc(-c2ccccc2)cc1)c1ccccc1. The standard InChI is InChI=1S/C19H16OS/c20-21(19-9-5-2-6-10-19)15-16-11-13-18(14-12-16)17-7-3-1-4-8-17/h1-14H,15H2. The number of benzene rings is 3. The van der Waals surface area contributed by atoms with Gasteiger partial charge in [-0.1, -0.05) is 72.8 Å². The largest absolute Gasteiger partial charge is 0.254 e. The van der Waals surface area contributed by atoms with Gasteiger partial charge in [-0.25, -0.2) is 0 Å². The molecule has 0 aliphatic rings. The Bertz CT molecular complexity index is 719. The van der Waals surface area contributed by atoms with Crippen LogP contribution in [0.2, 0.25) is 0 Å². The van der Waals surface area contributed by atoms with Gasteiger partial charge in [0.25, 0.3) is 0 Å². The van der Waals surface area contributed by atoms with Gasteiger partial charge in [0.2, 0.25) is 0 Å². The summed E-state index contributed by atoms with van der Waals surface area (Å²) in [5.74, 6) is 0.555. The highest BCUT2D eigenvalue weighted by Crippen LogP contribution is 2.20. The van der Waals surface area contributed by atoms with Gasteiger partial charge in [0.1, 0.15) is 0 Å². The van der Waals surface area contributed by atoms with Gasteiger partial charge in [0.05, 0.1) is 16.6 Å². The molecule has 0 fully saturated rings. The average molecular weight is 292 g/mol. The van der Waals surface area contributed by atoms with Crippen molar-refractivity contribution in [2.24, 2.45) is 0 Å². The molecule has 0 aromatic heterocycles. The summed E-state index contributed by atoms with van der Waals surface area (Å²) in [5, 5.41) is 0. The van der Waals surface area contributed by atoms with E-state index < -0.39 is 10.8 Å². The van der Waals surface area contributed by atoms with Gasteiger partial charge in [-0.2, -0.15) is 0 Å². The van der Waals surface area contributed by atoms with Crippen LogP contribution in [-0.2, 0) is 16.6 Å². The zero-order chi connectivity index (χ0) is 14.5. The van der Waals surface area contributed by atoms with E-state index >= 15 is 0 Å². The second kappa shape index (κ2) is 6.51. The van der Waals surface area contributed by atoms with Gasteiger partial charge in [0.15, 0.2) is 0 Å². The predicted octanol–water partition coefficient (Wildman–Crippen LogP) is 4.66. The van der Waals surface area contributed by atoms with Crippen LogP contribution in [0.25, 0.3) is 11.1 Å². The molecular formula is C19H16OS. The van der Waals surface area contributed by atoms with E-state index in [0.717, 1.165) is 10.5 Å². The smallest absolute Gasteiger partial charge is 0.0574 e. The van der Waals surface area contributed by atoms with Crippen molar-refractivity contribution in [3.05, 3.63) is 90.5 Å². The van der Waals surface area contributed by atoms with Crippen LogP contribution in [0.4, 0.5) is 0 Å². The molecule has 2 heteroatoms. The minimum atomic E-state index is -0.985. The summed E-state index contributed by atoms with van der Waals surface area (Å²) in [6.45, 7) is 0. The molecule has 0 bridgehead atoms. The molecule has 0 aliphatic heterocycles. The van der Waals surface area contributed by atoms with E-state index in [1.165, 1.54) is 11.1 Å².